The number of hydrogen-bond donors (Lipinski definition) is 2. The lowest BCUT2D eigenvalue weighted by atomic mass is 10.2. The number of sulfonamides is 1. The predicted octanol–water partition coefficient (Wildman–Crippen LogP) is 3.52. The van der Waals surface area contributed by atoms with E-state index in [0.717, 1.165) is 25.0 Å². The minimum Gasteiger partial charge on any atom is -0.495 e. The van der Waals surface area contributed by atoms with E-state index < -0.39 is 27.7 Å². The van der Waals surface area contributed by atoms with Crippen LogP contribution in [0.4, 0.5) is 15.8 Å². The maximum Gasteiger partial charge on any atom is 0.274 e. The second-order valence-electron chi connectivity index (χ2n) is 7.79. The molecule has 1 aromatic heterocycles. The molecule has 3 aromatic rings. The van der Waals surface area contributed by atoms with Gasteiger partial charge in [0.2, 0.25) is 10.0 Å². The van der Waals surface area contributed by atoms with Gasteiger partial charge in [-0.25, -0.2) is 12.8 Å². The number of carbonyl (C=O) groups is 2. The molecule has 2 aromatic carbocycles. The van der Waals surface area contributed by atoms with Crippen LogP contribution in [0.1, 0.15) is 33.7 Å². The summed E-state index contributed by atoms with van der Waals surface area (Å²) < 4.78 is 46.8. The highest BCUT2D eigenvalue weighted by Crippen LogP contribution is 2.31. The van der Waals surface area contributed by atoms with E-state index in [4.69, 9.17) is 4.74 Å². The normalized spacial score (nSPS) is 13.9. The third kappa shape index (κ3) is 5.31. The molecule has 182 valence electrons. The summed E-state index contributed by atoms with van der Waals surface area (Å²) in [4.78, 5) is 29.4. The number of nitrogens with zero attached hydrogens (tertiary/aromatic N) is 2. The van der Waals surface area contributed by atoms with Gasteiger partial charge in [0.15, 0.2) is 0 Å². The lowest BCUT2D eigenvalue weighted by Crippen LogP contribution is -2.28. The van der Waals surface area contributed by atoms with E-state index >= 15 is 0 Å². The Balaban J connectivity index is 1.62. The minimum absolute atomic E-state index is 0.000880. The third-order valence-electron chi connectivity index (χ3n) is 5.48. The van der Waals surface area contributed by atoms with Crippen molar-refractivity contribution in [3.8, 4) is 5.75 Å². The minimum atomic E-state index is -3.87. The van der Waals surface area contributed by atoms with Gasteiger partial charge in [-0.15, -0.1) is 0 Å². The smallest absolute Gasteiger partial charge is 0.274 e. The van der Waals surface area contributed by atoms with Crippen molar-refractivity contribution >= 4 is 33.2 Å². The van der Waals surface area contributed by atoms with E-state index in [0.29, 0.717) is 13.1 Å². The zero-order valence-corrected chi connectivity index (χ0v) is 19.6. The molecular formula is C24H23FN4O5S. The number of rotatable bonds is 7. The van der Waals surface area contributed by atoms with Crippen molar-refractivity contribution in [2.24, 2.45) is 0 Å². The lowest BCUT2D eigenvalue weighted by molar-refractivity contribution is 0.101. The molecule has 2 amide bonds. The van der Waals surface area contributed by atoms with Crippen molar-refractivity contribution in [1.82, 2.24) is 9.29 Å². The van der Waals surface area contributed by atoms with Crippen LogP contribution in [0.3, 0.4) is 0 Å². The van der Waals surface area contributed by atoms with Gasteiger partial charge in [0.05, 0.1) is 18.5 Å². The van der Waals surface area contributed by atoms with Gasteiger partial charge >= 0.3 is 0 Å². The van der Waals surface area contributed by atoms with E-state index in [1.807, 2.05) is 0 Å². The second kappa shape index (κ2) is 10.2. The fraction of sp³-hybridized carbons (Fsp3) is 0.208. The quantitative estimate of drug-likeness (QED) is 0.515. The second-order valence-corrected chi connectivity index (χ2v) is 9.70. The van der Waals surface area contributed by atoms with Gasteiger partial charge < -0.3 is 15.4 Å². The summed E-state index contributed by atoms with van der Waals surface area (Å²) in [5, 5.41) is 5.14. The molecule has 35 heavy (non-hydrogen) atoms. The first kappa shape index (κ1) is 24.3. The zero-order chi connectivity index (χ0) is 25.0. The Hall–Kier alpha value is -3.83. The van der Waals surface area contributed by atoms with Crippen molar-refractivity contribution in [2.75, 3.05) is 30.8 Å². The average Bonchev–Trinajstić information content (AvgIpc) is 3.42. The fourth-order valence-corrected chi connectivity index (χ4v) is 5.39. The molecule has 11 heteroatoms. The highest BCUT2D eigenvalue weighted by Gasteiger charge is 2.30. The summed E-state index contributed by atoms with van der Waals surface area (Å²) >= 11 is 0. The number of pyridine rings is 1. The van der Waals surface area contributed by atoms with Gasteiger partial charge in [0, 0.05) is 24.8 Å². The Morgan fingerprint density at radius 2 is 1.71 bits per heavy atom. The van der Waals surface area contributed by atoms with Gasteiger partial charge in [0.25, 0.3) is 11.8 Å². The molecule has 1 aliphatic heterocycles. The van der Waals surface area contributed by atoms with Crippen molar-refractivity contribution in [2.45, 2.75) is 17.7 Å². The first-order valence-electron chi connectivity index (χ1n) is 10.8. The fourth-order valence-electron chi connectivity index (χ4n) is 3.69. The molecule has 2 heterocycles. The Morgan fingerprint density at radius 3 is 2.40 bits per heavy atom. The molecule has 9 nitrogen and oxygen atoms in total. The van der Waals surface area contributed by atoms with Crippen molar-refractivity contribution in [3.05, 3.63) is 77.9 Å². The van der Waals surface area contributed by atoms with E-state index in [1.165, 1.54) is 47.9 Å². The van der Waals surface area contributed by atoms with Crippen LogP contribution in [0.2, 0.25) is 0 Å². The number of benzene rings is 2. The van der Waals surface area contributed by atoms with Gasteiger partial charge in [-0.05, 0) is 61.4 Å². The number of anilines is 2. The summed E-state index contributed by atoms with van der Waals surface area (Å²) in [5.41, 5.74) is 0.309. The van der Waals surface area contributed by atoms with Crippen LogP contribution in [0, 0.1) is 5.82 Å². The highest BCUT2D eigenvalue weighted by atomic mass is 32.2. The highest BCUT2D eigenvalue weighted by molar-refractivity contribution is 7.89. The molecule has 0 atom stereocenters. The Kier molecular flexibility index (Phi) is 7.08. The molecule has 0 aliphatic carbocycles. The zero-order valence-electron chi connectivity index (χ0n) is 18.8. The van der Waals surface area contributed by atoms with Crippen LogP contribution < -0.4 is 15.4 Å². The average molecular weight is 499 g/mol. The maximum atomic E-state index is 14.0. The van der Waals surface area contributed by atoms with Gasteiger partial charge in [-0.1, -0.05) is 6.07 Å². The summed E-state index contributed by atoms with van der Waals surface area (Å²) in [5.74, 6) is -1.76. The number of ether oxygens (including phenoxy) is 1. The lowest BCUT2D eigenvalue weighted by Gasteiger charge is -2.18. The molecule has 0 saturated carbocycles. The monoisotopic (exact) mass is 498 g/mol. The molecule has 1 fully saturated rings. The molecule has 4 rings (SSSR count). The Morgan fingerprint density at radius 1 is 0.971 bits per heavy atom. The van der Waals surface area contributed by atoms with Crippen LogP contribution in [-0.4, -0.2) is 49.7 Å². The van der Waals surface area contributed by atoms with Crippen LogP contribution in [0.15, 0.2) is 65.7 Å². The number of methoxy groups -OCH3 is 1. The van der Waals surface area contributed by atoms with Crippen LogP contribution in [0.5, 0.6) is 5.75 Å². The topological polar surface area (TPSA) is 118 Å². The number of carbonyl (C=O) groups excluding carboxylic acids is 2. The Bertz CT molecular complexity index is 1360. The van der Waals surface area contributed by atoms with Gasteiger partial charge in [-0.2, -0.15) is 4.31 Å². The third-order valence-corrected chi connectivity index (χ3v) is 7.40. The van der Waals surface area contributed by atoms with E-state index in [1.54, 1.807) is 12.1 Å². The Labute approximate surface area is 202 Å². The molecule has 0 spiro atoms. The summed E-state index contributed by atoms with van der Waals surface area (Å²) in [7, 11) is -2.52. The maximum absolute atomic E-state index is 14.0. The largest absolute Gasteiger partial charge is 0.495 e. The van der Waals surface area contributed by atoms with Crippen molar-refractivity contribution < 1.29 is 27.1 Å². The van der Waals surface area contributed by atoms with Crippen LogP contribution >= 0.6 is 0 Å². The first-order valence-corrected chi connectivity index (χ1v) is 12.2. The molecule has 1 aliphatic rings. The van der Waals surface area contributed by atoms with E-state index in [-0.39, 0.29) is 33.3 Å². The standard InChI is InChI=1S/C24H23FN4O5S/c1-34-21-10-7-16(14-22(21)35(32,33)29-12-4-5-13-29)23(30)28-20-15-17(25)8-9-18(20)27-24(31)19-6-2-3-11-26-19/h2-3,6-11,14-15H,4-5,12-13H2,1H3,(H,27,31)(H,28,30). The molecular weight excluding hydrogens is 475 g/mol. The molecule has 0 radical (unpaired) electrons. The van der Waals surface area contributed by atoms with Crippen molar-refractivity contribution in [1.29, 1.82) is 0 Å². The number of amides is 2. The van der Waals surface area contributed by atoms with E-state index in [2.05, 4.69) is 15.6 Å². The summed E-state index contributed by atoms with van der Waals surface area (Å²) in [6.45, 7) is 0.787. The van der Waals surface area contributed by atoms with Gasteiger partial charge in [-0.3, -0.25) is 14.6 Å². The predicted molar refractivity (Wildman–Crippen MR) is 128 cm³/mol. The first-order chi connectivity index (χ1) is 16.8. The molecule has 0 unspecified atom stereocenters. The van der Waals surface area contributed by atoms with Crippen LogP contribution in [0.25, 0.3) is 0 Å². The molecule has 1 saturated heterocycles. The van der Waals surface area contributed by atoms with Gasteiger partial charge in [0.1, 0.15) is 22.2 Å². The number of halogens is 1. The van der Waals surface area contributed by atoms with Crippen LogP contribution in [-0.2, 0) is 10.0 Å². The SMILES string of the molecule is COc1ccc(C(=O)Nc2cc(F)ccc2NC(=O)c2ccccn2)cc1S(=O)(=O)N1CCCC1. The molecule has 0 bridgehead atoms. The summed E-state index contributed by atoms with van der Waals surface area (Å²) in [6.07, 6.45) is 2.97. The molecule has 2 N–H and O–H groups in total. The summed E-state index contributed by atoms with van der Waals surface area (Å²) in [6, 6.07) is 12.3. The van der Waals surface area contributed by atoms with E-state index in [9.17, 15) is 22.4 Å². The number of hydrogen-bond acceptors (Lipinski definition) is 6. The van der Waals surface area contributed by atoms with Crippen molar-refractivity contribution in [3.63, 3.8) is 0 Å². The number of aromatic nitrogens is 1. The number of nitrogens with one attached hydrogen (secondary N) is 2.